The van der Waals surface area contributed by atoms with Crippen molar-refractivity contribution in [3.05, 3.63) is 62.8 Å². The fraction of sp³-hybridized carbons (Fsp3) is 0. The first-order chi connectivity index (χ1) is 9.88. The quantitative estimate of drug-likeness (QED) is 0.779. The van der Waals surface area contributed by atoms with E-state index in [0.29, 0.717) is 20.7 Å². The summed E-state index contributed by atoms with van der Waals surface area (Å²) in [5, 5.41) is 2.85. The van der Waals surface area contributed by atoms with Crippen molar-refractivity contribution in [2.75, 3.05) is 5.32 Å². The van der Waals surface area contributed by atoms with Crippen molar-refractivity contribution in [1.82, 2.24) is 0 Å². The van der Waals surface area contributed by atoms with Crippen LogP contribution in [0.2, 0.25) is 5.02 Å². The molecule has 0 aliphatic carbocycles. The molecule has 0 aliphatic heterocycles. The summed E-state index contributed by atoms with van der Waals surface area (Å²) in [6.07, 6.45) is 0. The van der Waals surface area contributed by atoms with Crippen LogP contribution in [0, 0.1) is 5.82 Å². The summed E-state index contributed by atoms with van der Waals surface area (Å²) in [7, 11) is 0. The van der Waals surface area contributed by atoms with Gasteiger partial charge in [0, 0.05) is 10.0 Å². The molecule has 21 heavy (non-hydrogen) atoms. The number of rotatable bonds is 3. The summed E-state index contributed by atoms with van der Waals surface area (Å²) in [5.41, 5.74) is 6.31. The van der Waals surface area contributed by atoms with Crippen LogP contribution in [0.3, 0.4) is 0 Å². The van der Waals surface area contributed by atoms with Crippen LogP contribution in [0.5, 0.6) is 0 Å². The first-order valence-electron chi connectivity index (χ1n) is 5.74. The Kier molecular flexibility index (Phi) is 4.92. The summed E-state index contributed by atoms with van der Waals surface area (Å²) >= 11 is 14.0. The Morgan fingerprint density at radius 2 is 2.00 bits per heavy atom. The van der Waals surface area contributed by atoms with Gasteiger partial charge in [-0.2, -0.15) is 0 Å². The maximum absolute atomic E-state index is 13.7. The SMILES string of the molecule is NC(=S)c1ccc(Cl)c(NC(=O)c2ccc(Br)cc2F)c1. The van der Waals surface area contributed by atoms with E-state index in [-0.39, 0.29) is 10.6 Å². The minimum Gasteiger partial charge on any atom is -0.389 e. The van der Waals surface area contributed by atoms with Crippen LogP contribution in [0.25, 0.3) is 0 Å². The zero-order valence-corrected chi connectivity index (χ0v) is 13.7. The van der Waals surface area contributed by atoms with Crippen molar-refractivity contribution < 1.29 is 9.18 Å². The fourth-order valence-corrected chi connectivity index (χ4v) is 2.26. The number of anilines is 1. The van der Waals surface area contributed by atoms with Crippen molar-refractivity contribution >= 4 is 56.3 Å². The van der Waals surface area contributed by atoms with Gasteiger partial charge in [-0.15, -0.1) is 0 Å². The van der Waals surface area contributed by atoms with E-state index in [0.717, 1.165) is 0 Å². The summed E-state index contributed by atoms with van der Waals surface area (Å²) in [6, 6.07) is 8.90. The molecule has 2 aromatic carbocycles. The van der Waals surface area contributed by atoms with Crippen molar-refractivity contribution in [3.8, 4) is 0 Å². The molecule has 0 fully saturated rings. The average Bonchev–Trinajstić information content (AvgIpc) is 2.40. The third-order valence-electron chi connectivity index (χ3n) is 2.67. The van der Waals surface area contributed by atoms with Gasteiger partial charge >= 0.3 is 0 Å². The maximum Gasteiger partial charge on any atom is 0.258 e. The van der Waals surface area contributed by atoms with Gasteiger partial charge in [0.1, 0.15) is 10.8 Å². The Hall–Kier alpha value is -1.50. The van der Waals surface area contributed by atoms with E-state index >= 15 is 0 Å². The normalized spacial score (nSPS) is 10.2. The van der Waals surface area contributed by atoms with Gasteiger partial charge in [0.2, 0.25) is 0 Å². The van der Waals surface area contributed by atoms with Gasteiger partial charge in [0.05, 0.1) is 16.3 Å². The Morgan fingerprint density at radius 3 is 2.62 bits per heavy atom. The van der Waals surface area contributed by atoms with Crippen LogP contribution < -0.4 is 11.1 Å². The van der Waals surface area contributed by atoms with Gasteiger partial charge in [-0.3, -0.25) is 4.79 Å². The number of hydrogen-bond donors (Lipinski definition) is 2. The minimum absolute atomic E-state index is 0.0880. The second-order valence-corrected chi connectivity index (χ2v) is 5.90. The molecule has 0 spiro atoms. The molecule has 0 atom stereocenters. The lowest BCUT2D eigenvalue weighted by Crippen LogP contribution is -2.15. The molecule has 0 radical (unpaired) electrons. The standard InChI is InChI=1S/C14H9BrClFN2OS/c15-8-2-3-9(11(17)6-8)14(20)19-12-5-7(13(18)21)1-4-10(12)16/h1-6H,(H2,18,21)(H,19,20). The molecule has 0 aliphatic rings. The summed E-state index contributed by atoms with van der Waals surface area (Å²) < 4.78 is 14.3. The van der Waals surface area contributed by atoms with Crippen LogP contribution in [0.15, 0.2) is 40.9 Å². The smallest absolute Gasteiger partial charge is 0.258 e. The van der Waals surface area contributed by atoms with E-state index in [9.17, 15) is 9.18 Å². The number of halogens is 3. The molecule has 3 nitrogen and oxygen atoms in total. The molecule has 3 N–H and O–H groups in total. The van der Waals surface area contributed by atoms with E-state index in [1.165, 1.54) is 12.1 Å². The highest BCUT2D eigenvalue weighted by atomic mass is 79.9. The Labute approximate surface area is 139 Å². The lowest BCUT2D eigenvalue weighted by Gasteiger charge is -2.10. The van der Waals surface area contributed by atoms with Gasteiger partial charge < -0.3 is 11.1 Å². The highest BCUT2D eigenvalue weighted by Gasteiger charge is 2.14. The zero-order valence-electron chi connectivity index (χ0n) is 10.5. The molecule has 2 rings (SSSR count). The highest BCUT2D eigenvalue weighted by molar-refractivity contribution is 9.10. The number of amides is 1. The summed E-state index contributed by atoms with van der Waals surface area (Å²) in [4.78, 5) is 12.3. The van der Waals surface area contributed by atoms with Gasteiger partial charge in [-0.05, 0) is 30.3 Å². The molecule has 0 unspecified atom stereocenters. The Bertz CT molecular complexity index is 739. The first kappa shape index (κ1) is 15.9. The predicted molar refractivity (Wildman–Crippen MR) is 89.4 cm³/mol. The Balaban J connectivity index is 2.31. The zero-order chi connectivity index (χ0) is 15.6. The molecule has 7 heteroatoms. The third kappa shape index (κ3) is 3.78. The van der Waals surface area contributed by atoms with E-state index < -0.39 is 11.7 Å². The average molecular weight is 388 g/mol. The number of carbonyl (C=O) groups excluding carboxylic acids is 1. The van der Waals surface area contributed by atoms with Crippen molar-refractivity contribution in [1.29, 1.82) is 0 Å². The van der Waals surface area contributed by atoms with Crippen LogP contribution in [-0.4, -0.2) is 10.9 Å². The van der Waals surface area contributed by atoms with Gasteiger partial charge in [0.25, 0.3) is 5.91 Å². The molecule has 0 bridgehead atoms. The number of nitrogens with two attached hydrogens (primary N) is 1. The van der Waals surface area contributed by atoms with E-state index in [4.69, 9.17) is 29.6 Å². The molecule has 1 amide bonds. The van der Waals surface area contributed by atoms with Crippen LogP contribution in [-0.2, 0) is 0 Å². The van der Waals surface area contributed by atoms with Gasteiger partial charge in [-0.1, -0.05) is 45.8 Å². The molecule has 0 heterocycles. The molecule has 108 valence electrons. The first-order valence-corrected chi connectivity index (χ1v) is 7.32. The van der Waals surface area contributed by atoms with Crippen molar-refractivity contribution in [2.45, 2.75) is 0 Å². The molecule has 0 saturated carbocycles. The molecule has 2 aromatic rings. The van der Waals surface area contributed by atoms with Crippen molar-refractivity contribution in [2.24, 2.45) is 5.73 Å². The monoisotopic (exact) mass is 386 g/mol. The molecule has 0 saturated heterocycles. The topological polar surface area (TPSA) is 55.1 Å². The van der Waals surface area contributed by atoms with Gasteiger partial charge in [0.15, 0.2) is 0 Å². The number of benzene rings is 2. The lowest BCUT2D eigenvalue weighted by atomic mass is 10.1. The molecular weight excluding hydrogens is 379 g/mol. The van der Waals surface area contributed by atoms with Crippen LogP contribution in [0.1, 0.15) is 15.9 Å². The van der Waals surface area contributed by atoms with E-state index in [2.05, 4.69) is 21.2 Å². The number of carbonyl (C=O) groups is 1. The Morgan fingerprint density at radius 1 is 1.29 bits per heavy atom. The predicted octanol–water partition coefficient (Wildman–Crippen LogP) is 4.13. The molecule has 0 aromatic heterocycles. The van der Waals surface area contributed by atoms with Crippen LogP contribution >= 0.6 is 39.7 Å². The summed E-state index contributed by atoms with van der Waals surface area (Å²) in [5.74, 6) is -1.24. The highest BCUT2D eigenvalue weighted by Crippen LogP contribution is 2.24. The second kappa shape index (κ2) is 6.51. The minimum atomic E-state index is -0.636. The van der Waals surface area contributed by atoms with E-state index in [1.54, 1.807) is 24.3 Å². The maximum atomic E-state index is 13.7. The largest absolute Gasteiger partial charge is 0.389 e. The second-order valence-electron chi connectivity index (χ2n) is 4.14. The van der Waals surface area contributed by atoms with Crippen molar-refractivity contribution in [3.63, 3.8) is 0 Å². The number of hydrogen-bond acceptors (Lipinski definition) is 2. The van der Waals surface area contributed by atoms with Crippen LogP contribution in [0.4, 0.5) is 10.1 Å². The number of nitrogens with one attached hydrogen (secondary N) is 1. The van der Waals surface area contributed by atoms with E-state index in [1.807, 2.05) is 0 Å². The fourth-order valence-electron chi connectivity index (χ4n) is 1.64. The van der Waals surface area contributed by atoms with Gasteiger partial charge in [-0.25, -0.2) is 4.39 Å². The number of thiocarbonyl (C=S) groups is 1. The third-order valence-corrected chi connectivity index (χ3v) is 3.73. The summed E-state index contributed by atoms with van der Waals surface area (Å²) in [6.45, 7) is 0. The molecular formula is C14H9BrClFN2OS. The lowest BCUT2D eigenvalue weighted by molar-refractivity contribution is 0.102.